The maximum Gasteiger partial charge on any atom is 0.316 e. The van der Waals surface area contributed by atoms with Crippen molar-refractivity contribution in [1.82, 2.24) is 19.9 Å². The zero-order valence-electron chi connectivity index (χ0n) is 22.4. The molecule has 3 heterocycles. The second kappa shape index (κ2) is 11.5. The average Bonchev–Trinajstić information content (AvgIpc) is 2.94. The molecule has 2 aromatic carbocycles. The van der Waals surface area contributed by atoms with E-state index in [1.165, 1.54) is 7.11 Å². The zero-order valence-corrected chi connectivity index (χ0v) is 23.2. The van der Waals surface area contributed by atoms with E-state index in [0.29, 0.717) is 53.5 Å². The Morgan fingerprint density at radius 3 is 2.54 bits per heavy atom. The fraction of sp³-hybridized carbons (Fsp3) is 0.296. The summed E-state index contributed by atoms with van der Waals surface area (Å²) >= 11 is 0. The van der Waals surface area contributed by atoms with Crippen LogP contribution in [0.2, 0.25) is 0 Å². The highest BCUT2D eigenvalue weighted by molar-refractivity contribution is 7.89. The molecule has 2 aromatic heterocycles. The van der Waals surface area contributed by atoms with E-state index in [9.17, 15) is 12.8 Å². The summed E-state index contributed by atoms with van der Waals surface area (Å²) in [7, 11) is -3.20. The zero-order chi connectivity index (χ0) is 29.3. The number of nitrogens with zero attached hydrogens (tertiary/aromatic N) is 4. The Hall–Kier alpha value is -3.98. The summed E-state index contributed by atoms with van der Waals surface area (Å²) in [6.45, 7) is 5.92. The van der Waals surface area contributed by atoms with E-state index < -0.39 is 26.6 Å². The third-order valence-corrected chi connectivity index (χ3v) is 7.75. The fourth-order valence-corrected chi connectivity index (χ4v) is 5.31. The van der Waals surface area contributed by atoms with Gasteiger partial charge in [0.05, 0.1) is 31.4 Å². The normalized spacial score (nSPS) is 14.4. The lowest BCUT2D eigenvalue weighted by molar-refractivity contribution is 0.0317. The molecule has 4 N–H and O–H groups in total. The summed E-state index contributed by atoms with van der Waals surface area (Å²) in [5.74, 6) is -2.34. The van der Waals surface area contributed by atoms with Crippen LogP contribution in [-0.4, -0.2) is 74.8 Å². The molecule has 0 radical (unpaired) electrons. The summed E-state index contributed by atoms with van der Waals surface area (Å²) in [4.78, 5) is 14.4. The molecule has 1 saturated heterocycles. The van der Waals surface area contributed by atoms with E-state index in [1.54, 1.807) is 31.3 Å². The van der Waals surface area contributed by atoms with E-state index in [0.717, 1.165) is 25.7 Å². The molecule has 11 nitrogen and oxygen atoms in total. The number of halogens is 2. The van der Waals surface area contributed by atoms with E-state index in [-0.39, 0.29) is 28.8 Å². The van der Waals surface area contributed by atoms with E-state index in [2.05, 4.69) is 19.9 Å². The van der Waals surface area contributed by atoms with Gasteiger partial charge in [-0.3, -0.25) is 4.90 Å². The maximum absolute atomic E-state index is 15.2. The second-order valence-corrected chi connectivity index (χ2v) is 10.9. The summed E-state index contributed by atoms with van der Waals surface area (Å²) in [6, 6.07) is 6.75. The van der Waals surface area contributed by atoms with Crippen LogP contribution in [-0.2, 0) is 14.8 Å². The molecule has 0 atom stereocenters. The molecule has 0 spiro atoms. The predicted octanol–water partition coefficient (Wildman–Crippen LogP) is 2.89. The van der Waals surface area contributed by atoms with Crippen molar-refractivity contribution in [2.24, 2.45) is 5.14 Å². The number of primary sulfonamides is 1. The number of anilines is 1. The number of fused-ring (bicyclic) bond motifs is 1. The number of pyridine rings is 1. The van der Waals surface area contributed by atoms with Crippen LogP contribution in [0, 0.1) is 18.6 Å². The monoisotopic (exact) mass is 586 g/mol. The number of methoxy groups -OCH3 is 1. The Labute approximate surface area is 235 Å². The smallest absolute Gasteiger partial charge is 0.316 e. The molecule has 5 rings (SSSR count). The lowest BCUT2D eigenvalue weighted by Gasteiger charge is -2.26. The standard InChI is InChI=1S/C27H28F2N6O5S/c1-15-23(24(26(38-2)34-25(15)30)18-12-22(41(31,36)37)20(29)13-19(18)28)16-3-4-21-17(11-16)14-32-27(33-21)40-10-7-35-5-8-39-9-6-35/h3-4,11-14H,5-10H2,1-2H3,(H2,30,34)(H2,31,36,37). The van der Waals surface area contributed by atoms with Crippen molar-refractivity contribution in [3.05, 3.63) is 53.7 Å². The van der Waals surface area contributed by atoms with Gasteiger partial charge in [0.1, 0.15) is 29.0 Å². The lowest BCUT2D eigenvalue weighted by atomic mass is 9.91. The van der Waals surface area contributed by atoms with Crippen molar-refractivity contribution in [1.29, 1.82) is 0 Å². The molecular formula is C27H28F2N6O5S. The van der Waals surface area contributed by atoms with Gasteiger partial charge in [-0.2, -0.15) is 9.97 Å². The number of nitrogen functional groups attached to an aromatic ring is 1. The predicted molar refractivity (Wildman–Crippen MR) is 148 cm³/mol. The Bertz CT molecular complexity index is 1730. The van der Waals surface area contributed by atoms with Gasteiger partial charge >= 0.3 is 6.01 Å². The fourth-order valence-electron chi connectivity index (χ4n) is 4.70. The van der Waals surface area contributed by atoms with Gasteiger partial charge in [-0.1, -0.05) is 6.07 Å². The van der Waals surface area contributed by atoms with Crippen molar-refractivity contribution < 1.29 is 31.4 Å². The van der Waals surface area contributed by atoms with Crippen LogP contribution in [0.1, 0.15) is 5.56 Å². The third kappa shape index (κ3) is 5.91. The Balaban J connectivity index is 1.56. The number of aromatic nitrogens is 3. The van der Waals surface area contributed by atoms with E-state index in [4.69, 9.17) is 25.1 Å². The van der Waals surface area contributed by atoms with Crippen LogP contribution in [0.5, 0.6) is 11.9 Å². The molecular weight excluding hydrogens is 558 g/mol. The minimum atomic E-state index is -4.51. The molecule has 0 saturated carbocycles. The summed E-state index contributed by atoms with van der Waals surface area (Å²) < 4.78 is 70.2. The number of nitrogens with two attached hydrogens (primary N) is 2. The number of ether oxygens (including phenoxy) is 3. The summed E-state index contributed by atoms with van der Waals surface area (Å²) in [5.41, 5.74) is 7.98. The molecule has 0 amide bonds. The van der Waals surface area contributed by atoms with Gasteiger partial charge in [0.25, 0.3) is 0 Å². The molecule has 4 aromatic rings. The summed E-state index contributed by atoms with van der Waals surface area (Å²) in [5, 5.41) is 5.83. The van der Waals surface area contributed by atoms with Crippen LogP contribution < -0.4 is 20.3 Å². The minimum Gasteiger partial charge on any atom is -0.480 e. The maximum atomic E-state index is 15.2. The number of rotatable bonds is 8. The van der Waals surface area contributed by atoms with Crippen molar-refractivity contribution in [3.8, 4) is 34.1 Å². The Morgan fingerprint density at radius 1 is 1.07 bits per heavy atom. The molecule has 1 fully saturated rings. The Morgan fingerprint density at radius 2 is 1.83 bits per heavy atom. The van der Waals surface area contributed by atoms with Gasteiger partial charge in [-0.25, -0.2) is 27.3 Å². The topological polar surface area (TPSA) is 156 Å². The lowest BCUT2D eigenvalue weighted by Crippen LogP contribution is -2.38. The van der Waals surface area contributed by atoms with Crippen molar-refractivity contribution >= 4 is 26.7 Å². The van der Waals surface area contributed by atoms with Crippen LogP contribution in [0.25, 0.3) is 33.2 Å². The van der Waals surface area contributed by atoms with Crippen LogP contribution >= 0.6 is 0 Å². The largest absolute Gasteiger partial charge is 0.480 e. The highest BCUT2D eigenvalue weighted by atomic mass is 32.2. The molecule has 0 aliphatic carbocycles. The van der Waals surface area contributed by atoms with Gasteiger partial charge in [0, 0.05) is 48.4 Å². The summed E-state index contributed by atoms with van der Waals surface area (Å²) in [6.07, 6.45) is 1.60. The molecule has 14 heteroatoms. The minimum absolute atomic E-state index is 0.0740. The quantitative estimate of drug-likeness (QED) is 0.315. The number of benzene rings is 2. The van der Waals surface area contributed by atoms with Crippen molar-refractivity contribution in [2.75, 3.05) is 52.3 Å². The molecule has 0 unspecified atom stereocenters. The van der Waals surface area contributed by atoms with Gasteiger partial charge in [0.15, 0.2) is 0 Å². The number of sulfonamides is 1. The molecule has 41 heavy (non-hydrogen) atoms. The van der Waals surface area contributed by atoms with Gasteiger partial charge in [0.2, 0.25) is 15.9 Å². The average molecular weight is 587 g/mol. The van der Waals surface area contributed by atoms with Gasteiger partial charge < -0.3 is 19.9 Å². The first kappa shape index (κ1) is 28.5. The number of hydrogen-bond acceptors (Lipinski definition) is 10. The Kier molecular flexibility index (Phi) is 8.00. The van der Waals surface area contributed by atoms with Crippen molar-refractivity contribution in [2.45, 2.75) is 11.8 Å². The van der Waals surface area contributed by atoms with Gasteiger partial charge in [-0.15, -0.1) is 0 Å². The first-order chi connectivity index (χ1) is 19.6. The highest BCUT2D eigenvalue weighted by Crippen LogP contribution is 2.44. The SMILES string of the molecule is COc1nc(N)c(C)c(-c2ccc3nc(OCCN4CCOCC4)ncc3c2)c1-c1cc(S(N)(=O)=O)c(F)cc1F. The second-order valence-electron chi connectivity index (χ2n) is 9.42. The molecule has 1 aliphatic rings. The first-order valence-corrected chi connectivity index (χ1v) is 14.2. The van der Waals surface area contributed by atoms with Crippen molar-refractivity contribution in [3.63, 3.8) is 0 Å². The number of hydrogen-bond donors (Lipinski definition) is 2. The van der Waals surface area contributed by atoms with Crippen LogP contribution in [0.4, 0.5) is 14.6 Å². The molecule has 216 valence electrons. The number of morpholine rings is 1. The molecule has 0 bridgehead atoms. The van der Waals surface area contributed by atoms with Crippen LogP contribution in [0.3, 0.4) is 0 Å². The van der Waals surface area contributed by atoms with Crippen LogP contribution in [0.15, 0.2) is 41.4 Å². The third-order valence-electron chi connectivity index (χ3n) is 6.82. The first-order valence-electron chi connectivity index (χ1n) is 12.6. The van der Waals surface area contributed by atoms with E-state index in [1.807, 2.05) is 0 Å². The molecule has 1 aliphatic heterocycles. The highest BCUT2D eigenvalue weighted by Gasteiger charge is 2.26. The van der Waals surface area contributed by atoms with Gasteiger partial charge in [-0.05, 0) is 36.2 Å². The van der Waals surface area contributed by atoms with E-state index >= 15 is 4.39 Å².